The fourth-order valence-electron chi connectivity index (χ4n) is 3.93. The lowest BCUT2D eigenvalue weighted by Crippen LogP contribution is -1.95. The molecule has 0 saturated carbocycles. The summed E-state index contributed by atoms with van der Waals surface area (Å²) in [4.78, 5) is 0. The fraction of sp³-hybridized carbons (Fsp3) is 0.923. The average Bonchev–Trinajstić information content (AvgIpc) is 2.61. The molecule has 0 aliphatic carbocycles. The molecule has 0 spiro atoms. The van der Waals surface area contributed by atoms with E-state index in [0.29, 0.717) is 0 Å². The maximum atomic E-state index is 3.98. The molecule has 0 aromatic carbocycles. The second-order valence-corrected chi connectivity index (χ2v) is 9.05. The summed E-state index contributed by atoms with van der Waals surface area (Å²) in [6, 6.07) is 0. The Morgan fingerprint density at radius 1 is 0.577 bits per heavy atom. The van der Waals surface area contributed by atoms with Crippen molar-refractivity contribution in [1.29, 1.82) is 0 Å². The Morgan fingerprint density at radius 2 is 0.923 bits per heavy atom. The molecule has 0 fully saturated rings. The highest BCUT2D eigenvalue weighted by Gasteiger charge is 2.02. The third-order valence-electron chi connectivity index (χ3n) is 5.85. The molecule has 0 N–H and O–H groups in total. The summed E-state index contributed by atoms with van der Waals surface area (Å²) < 4.78 is 0. The molecule has 0 saturated heterocycles. The molecule has 0 radical (unpaired) electrons. The third kappa shape index (κ3) is 21.8. The van der Waals surface area contributed by atoms with Gasteiger partial charge in [0.2, 0.25) is 0 Å². The smallest absolute Gasteiger partial charge is 0.0326 e. The van der Waals surface area contributed by atoms with Crippen LogP contribution in [-0.2, 0) is 0 Å². The molecule has 0 aromatic rings. The third-order valence-corrected chi connectivity index (χ3v) is 5.85. The second kappa shape index (κ2) is 21.0. The van der Waals surface area contributed by atoms with E-state index in [1.807, 2.05) is 0 Å². The Bertz CT molecular complexity index is 278. The van der Waals surface area contributed by atoms with Crippen LogP contribution in [0.5, 0.6) is 0 Å². The zero-order valence-corrected chi connectivity index (χ0v) is 18.9. The van der Waals surface area contributed by atoms with Gasteiger partial charge < -0.3 is 0 Å². The van der Waals surface area contributed by atoms with Crippen LogP contribution in [0, 0.1) is 5.92 Å². The van der Waals surface area contributed by atoms with E-state index in [-0.39, 0.29) is 0 Å². The summed E-state index contributed by atoms with van der Waals surface area (Å²) in [5.41, 5.74) is 1.35. The molecule has 1 atom stereocenters. The van der Waals surface area contributed by atoms with Crippen LogP contribution in [0.15, 0.2) is 12.2 Å². The van der Waals surface area contributed by atoms with Crippen molar-refractivity contribution in [3.8, 4) is 0 Å². The molecule has 156 valence electrons. The van der Waals surface area contributed by atoms with Gasteiger partial charge in [0.1, 0.15) is 0 Å². The first-order valence-electron chi connectivity index (χ1n) is 12.3. The van der Waals surface area contributed by atoms with Crippen molar-refractivity contribution in [1.82, 2.24) is 0 Å². The molecule has 1 unspecified atom stereocenters. The molecule has 0 aliphatic rings. The largest absolute Gasteiger partial charge is 0.100 e. The van der Waals surface area contributed by atoms with Crippen LogP contribution in [0.3, 0.4) is 0 Å². The van der Waals surface area contributed by atoms with Crippen molar-refractivity contribution in [2.45, 2.75) is 149 Å². The van der Waals surface area contributed by atoms with E-state index in [0.717, 1.165) is 5.92 Å². The van der Waals surface area contributed by atoms with Gasteiger partial charge in [0.15, 0.2) is 0 Å². The molecule has 0 heteroatoms. The van der Waals surface area contributed by atoms with Crippen molar-refractivity contribution in [3.63, 3.8) is 0 Å². The monoisotopic (exact) mass is 364 g/mol. The number of allylic oxidation sites excluding steroid dienone is 1. The average molecular weight is 365 g/mol. The summed E-state index contributed by atoms with van der Waals surface area (Å²) in [6.45, 7) is 10.9. The van der Waals surface area contributed by atoms with Crippen LogP contribution in [0.4, 0.5) is 0 Å². The highest BCUT2D eigenvalue weighted by molar-refractivity contribution is 4.86. The standard InChI is InChI=1S/C26H52/c1-5-6-7-8-17-20-23-26(4)24-21-18-15-13-11-9-10-12-14-16-19-22-25(2)3/h26H,2,5-24H2,1,3-4H3. The van der Waals surface area contributed by atoms with Crippen LogP contribution in [-0.4, -0.2) is 0 Å². The van der Waals surface area contributed by atoms with Gasteiger partial charge in [0.05, 0.1) is 0 Å². The Kier molecular flexibility index (Phi) is 20.8. The lowest BCUT2D eigenvalue weighted by Gasteiger charge is -2.11. The lowest BCUT2D eigenvalue weighted by molar-refractivity contribution is 0.430. The van der Waals surface area contributed by atoms with Gasteiger partial charge in [-0.1, -0.05) is 135 Å². The molecule has 0 bridgehead atoms. The van der Waals surface area contributed by atoms with Crippen molar-refractivity contribution >= 4 is 0 Å². The van der Waals surface area contributed by atoms with E-state index in [1.54, 1.807) is 0 Å². The minimum atomic E-state index is 0.964. The SMILES string of the molecule is C=C(C)CCCCCCCCCCCCCC(C)CCCCCCCC. The topological polar surface area (TPSA) is 0 Å². The number of rotatable bonds is 21. The van der Waals surface area contributed by atoms with E-state index < -0.39 is 0 Å². The van der Waals surface area contributed by atoms with E-state index in [4.69, 9.17) is 0 Å². The first kappa shape index (κ1) is 25.7. The quantitative estimate of drug-likeness (QED) is 0.140. The highest BCUT2D eigenvalue weighted by Crippen LogP contribution is 2.19. The maximum absolute atomic E-state index is 3.98. The molecule has 0 heterocycles. The van der Waals surface area contributed by atoms with Gasteiger partial charge >= 0.3 is 0 Å². The van der Waals surface area contributed by atoms with Crippen LogP contribution in [0.2, 0.25) is 0 Å². The Balaban J connectivity index is 3.12. The zero-order chi connectivity index (χ0) is 19.3. The Hall–Kier alpha value is -0.260. The van der Waals surface area contributed by atoms with Crippen LogP contribution < -0.4 is 0 Å². The van der Waals surface area contributed by atoms with Gasteiger partial charge in [-0.2, -0.15) is 0 Å². The molecule has 0 aromatic heterocycles. The van der Waals surface area contributed by atoms with Gasteiger partial charge in [0.25, 0.3) is 0 Å². The minimum Gasteiger partial charge on any atom is -0.100 e. The molecule has 0 aliphatic heterocycles. The van der Waals surface area contributed by atoms with Crippen molar-refractivity contribution in [3.05, 3.63) is 12.2 Å². The second-order valence-electron chi connectivity index (χ2n) is 9.05. The Labute approximate surface area is 167 Å². The van der Waals surface area contributed by atoms with Crippen LogP contribution in [0.25, 0.3) is 0 Å². The predicted octanol–water partition coefficient (Wildman–Crippen LogP) is 10.0. The number of hydrogen-bond donors (Lipinski definition) is 0. The summed E-state index contributed by atoms with van der Waals surface area (Å²) in [6.07, 6.45) is 28.8. The normalized spacial score (nSPS) is 12.4. The minimum absolute atomic E-state index is 0.964. The molecule has 0 nitrogen and oxygen atoms in total. The van der Waals surface area contributed by atoms with E-state index in [2.05, 4.69) is 27.4 Å². The summed E-state index contributed by atoms with van der Waals surface area (Å²) in [5, 5.41) is 0. The highest BCUT2D eigenvalue weighted by atomic mass is 14.1. The van der Waals surface area contributed by atoms with Gasteiger partial charge in [-0.15, -0.1) is 6.58 Å². The summed E-state index contributed by atoms with van der Waals surface area (Å²) in [5.74, 6) is 0.964. The molecule has 0 amide bonds. The summed E-state index contributed by atoms with van der Waals surface area (Å²) >= 11 is 0. The van der Waals surface area contributed by atoms with Gasteiger partial charge in [-0.3, -0.25) is 0 Å². The molecule has 26 heavy (non-hydrogen) atoms. The lowest BCUT2D eigenvalue weighted by atomic mass is 9.96. The first-order chi connectivity index (χ1) is 12.7. The van der Waals surface area contributed by atoms with Crippen LogP contribution >= 0.6 is 0 Å². The van der Waals surface area contributed by atoms with E-state index >= 15 is 0 Å². The number of unbranched alkanes of at least 4 members (excludes halogenated alkanes) is 15. The predicted molar refractivity (Wildman–Crippen MR) is 122 cm³/mol. The van der Waals surface area contributed by atoms with Gasteiger partial charge in [-0.05, 0) is 25.7 Å². The Morgan fingerprint density at radius 3 is 1.31 bits per heavy atom. The van der Waals surface area contributed by atoms with Crippen molar-refractivity contribution in [2.24, 2.45) is 5.92 Å². The van der Waals surface area contributed by atoms with Crippen molar-refractivity contribution in [2.75, 3.05) is 0 Å². The summed E-state index contributed by atoms with van der Waals surface area (Å²) in [7, 11) is 0. The molecule has 0 rings (SSSR count). The van der Waals surface area contributed by atoms with Crippen LogP contribution in [0.1, 0.15) is 149 Å². The fourth-order valence-corrected chi connectivity index (χ4v) is 3.93. The number of hydrogen-bond acceptors (Lipinski definition) is 0. The first-order valence-corrected chi connectivity index (χ1v) is 12.3. The van der Waals surface area contributed by atoms with E-state index in [1.165, 1.54) is 134 Å². The van der Waals surface area contributed by atoms with E-state index in [9.17, 15) is 0 Å². The molecular formula is C26H52. The molecular weight excluding hydrogens is 312 g/mol. The van der Waals surface area contributed by atoms with Crippen molar-refractivity contribution < 1.29 is 0 Å². The zero-order valence-electron chi connectivity index (χ0n) is 18.9. The maximum Gasteiger partial charge on any atom is -0.0326 e. The van der Waals surface area contributed by atoms with Gasteiger partial charge in [0, 0.05) is 0 Å². The van der Waals surface area contributed by atoms with Gasteiger partial charge in [-0.25, -0.2) is 0 Å².